The van der Waals surface area contributed by atoms with Crippen molar-refractivity contribution in [2.24, 2.45) is 13.0 Å². The Kier molecular flexibility index (Phi) is 6.44. The summed E-state index contributed by atoms with van der Waals surface area (Å²) in [6.07, 6.45) is 0. The molecule has 1 heterocycles. The number of hydrogen-bond donors (Lipinski definition) is 2. The van der Waals surface area contributed by atoms with Gasteiger partial charge in [-0.2, -0.15) is 0 Å². The minimum absolute atomic E-state index is 0.112. The molecule has 29 heavy (non-hydrogen) atoms. The van der Waals surface area contributed by atoms with Crippen LogP contribution in [0.1, 0.15) is 24.3 Å². The van der Waals surface area contributed by atoms with E-state index in [0.29, 0.717) is 34.6 Å². The van der Waals surface area contributed by atoms with Crippen LogP contribution in [0.3, 0.4) is 0 Å². The number of carbonyl (C=O) groups excluding carboxylic acids is 2. The van der Waals surface area contributed by atoms with Crippen molar-refractivity contribution >= 4 is 40.0 Å². The molecular weight excluding hydrogens is 390 g/mol. The molecule has 3 aromatic rings. The average molecular weight is 414 g/mol. The zero-order valence-corrected chi connectivity index (χ0v) is 17.4. The van der Waals surface area contributed by atoms with Crippen molar-refractivity contribution in [2.45, 2.75) is 13.8 Å². The van der Waals surface area contributed by atoms with Gasteiger partial charge < -0.3 is 19.9 Å². The van der Waals surface area contributed by atoms with Gasteiger partial charge in [0.1, 0.15) is 11.4 Å². The van der Waals surface area contributed by atoms with Crippen LogP contribution >= 0.6 is 11.6 Å². The fourth-order valence-corrected chi connectivity index (χ4v) is 3.04. The molecule has 7 heteroatoms. The normalized spacial score (nSPS) is 10.9. The second-order valence-electron chi connectivity index (χ2n) is 7.26. The molecule has 2 aromatic carbocycles. The molecule has 3 rings (SSSR count). The molecule has 0 bridgehead atoms. The number of hydrogen-bond acceptors (Lipinski definition) is 3. The quantitative estimate of drug-likeness (QED) is 0.608. The topological polar surface area (TPSA) is 72.4 Å². The Balaban J connectivity index is 1.66. The summed E-state index contributed by atoms with van der Waals surface area (Å²) in [5.41, 5.74) is 2.13. The molecule has 152 valence electrons. The first-order chi connectivity index (χ1) is 13.8. The van der Waals surface area contributed by atoms with E-state index in [4.69, 9.17) is 16.3 Å². The van der Waals surface area contributed by atoms with Crippen molar-refractivity contribution < 1.29 is 14.3 Å². The van der Waals surface area contributed by atoms with Crippen LogP contribution in [0.4, 0.5) is 5.69 Å². The maximum absolute atomic E-state index is 12.4. The first-order valence-corrected chi connectivity index (χ1v) is 9.77. The van der Waals surface area contributed by atoms with E-state index in [2.05, 4.69) is 10.6 Å². The van der Waals surface area contributed by atoms with Crippen LogP contribution < -0.4 is 15.4 Å². The third kappa shape index (κ3) is 5.29. The highest BCUT2D eigenvalue weighted by Gasteiger charge is 2.14. The lowest BCUT2D eigenvalue weighted by Gasteiger charge is -2.09. The maximum atomic E-state index is 12.4. The summed E-state index contributed by atoms with van der Waals surface area (Å²) in [5, 5.41) is 7.22. The molecule has 0 fully saturated rings. The van der Waals surface area contributed by atoms with E-state index in [1.165, 1.54) is 0 Å². The van der Waals surface area contributed by atoms with E-state index in [1.807, 2.05) is 43.7 Å². The Labute approximate surface area is 174 Å². The second kappa shape index (κ2) is 9.01. The summed E-state index contributed by atoms with van der Waals surface area (Å²) in [6.45, 7) is 4.60. The first-order valence-electron chi connectivity index (χ1n) is 9.39. The van der Waals surface area contributed by atoms with Gasteiger partial charge in [-0.3, -0.25) is 9.59 Å². The van der Waals surface area contributed by atoms with Crippen LogP contribution in [0, 0.1) is 5.92 Å². The summed E-state index contributed by atoms with van der Waals surface area (Å²) in [6, 6.07) is 14.2. The van der Waals surface area contributed by atoms with E-state index in [1.54, 1.807) is 30.3 Å². The molecule has 0 radical (unpaired) electrons. The highest BCUT2D eigenvalue weighted by atomic mass is 35.5. The number of ether oxygens (including phenoxy) is 1. The molecule has 0 saturated heterocycles. The van der Waals surface area contributed by atoms with E-state index in [0.717, 1.165) is 10.9 Å². The number of anilines is 1. The number of aryl methyl sites for hydroxylation is 1. The molecule has 0 aliphatic rings. The van der Waals surface area contributed by atoms with Crippen LogP contribution in [0.5, 0.6) is 5.75 Å². The van der Waals surface area contributed by atoms with Crippen molar-refractivity contribution in [3.8, 4) is 5.75 Å². The summed E-state index contributed by atoms with van der Waals surface area (Å²) in [4.78, 5) is 24.6. The van der Waals surface area contributed by atoms with E-state index < -0.39 is 0 Å². The Morgan fingerprint density at radius 2 is 1.83 bits per heavy atom. The Bertz CT molecular complexity index is 1030. The predicted octanol–water partition coefficient (Wildman–Crippen LogP) is 4.24. The van der Waals surface area contributed by atoms with Crippen molar-refractivity contribution in [1.29, 1.82) is 0 Å². The van der Waals surface area contributed by atoms with Crippen molar-refractivity contribution in [2.75, 3.05) is 18.5 Å². The molecule has 1 aromatic heterocycles. The van der Waals surface area contributed by atoms with Gasteiger partial charge >= 0.3 is 0 Å². The minimum atomic E-state index is -0.273. The Morgan fingerprint density at radius 3 is 2.52 bits per heavy atom. The molecule has 0 saturated carbocycles. The minimum Gasteiger partial charge on any atom is -0.484 e. The predicted molar refractivity (Wildman–Crippen MR) is 116 cm³/mol. The van der Waals surface area contributed by atoms with Crippen LogP contribution in [0.2, 0.25) is 5.02 Å². The lowest BCUT2D eigenvalue weighted by atomic mass is 10.2. The van der Waals surface area contributed by atoms with Gasteiger partial charge in [-0.25, -0.2) is 0 Å². The number of carbonyl (C=O) groups is 2. The fourth-order valence-electron chi connectivity index (χ4n) is 2.91. The number of halogens is 1. The van der Waals surface area contributed by atoms with Crippen molar-refractivity contribution in [3.63, 3.8) is 0 Å². The van der Waals surface area contributed by atoms with Crippen molar-refractivity contribution in [1.82, 2.24) is 9.88 Å². The maximum Gasteiger partial charge on any atom is 0.267 e. The van der Waals surface area contributed by atoms with E-state index in [9.17, 15) is 9.59 Å². The van der Waals surface area contributed by atoms with Gasteiger partial charge in [0.05, 0.1) is 0 Å². The molecule has 2 N–H and O–H groups in total. The zero-order chi connectivity index (χ0) is 21.0. The molecule has 0 aliphatic carbocycles. The number of rotatable bonds is 7. The highest BCUT2D eigenvalue weighted by Crippen LogP contribution is 2.23. The number of fused-ring (bicyclic) bond motifs is 1. The summed E-state index contributed by atoms with van der Waals surface area (Å²) < 4.78 is 7.30. The van der Waals surface area contributed by atoms with Crippen molar-refractivity contribution in [3.05, 3.63) is 59.2 Å². The second-order valence-corrected chi connectivity index (χ2v) is 7.69. The molecule has 2 amide bonds. The largest absolute Gasteiger partial charge is 0.484 e. The standard InChI is InChI=1S/C22H24ClN3O3/c1-14(2)12-24-22(28)20-11-15-10-17(6-9-19(15)26(20)3)25-21(27)13-29-18-7-4-16(23)5-8-18/h4-11,14H,12-13H2,1-3H3,(H,24,28)(H,25,27). The van der Waals surface area contributed by atoms with Gasteiger partial charge in [0.25, 0.3) is 11.8 Å². The molecule has 0 unspecified atom stereocenters. The number of aromatic nitrogens is 1. The lowest BCUT2D eigenvalue weighted by molar-refractivity contribution is -0.118. The van der Waals surface area contributed by atoms with Gasteiger partial charge in [-0.1, -0.05) is 25.4 Å². The van der Waals surface area contributed by atoms with Gasteiger partial charge in [0.15, 0.2) is 6.61 Å². The van der Waals surface area contributed by atoms with Crippen LogP contribution in [0.15, 0.2) is 48.5 Å². The summed E-state index contributed by atoms with van der Waals surface area (Å²) in [5.74, 6) is 0.565. The summed E-state index contributed by atoms with van der Waals surface area (Å²) in [7, 11) is 1.85. The van der Waals surface area contributed by atoms with E-state index >= 15 is 0 Å². The Hall–Kier alpha value is -2.99. The lowest BCUT2D eigenvalue weighted by Crippen LogP contribution is -2.28. The molecule has 0 spiro atoms. The fraction of sp³-hybridized carbons (Fsp3) is 0.273. The summed E-state index contributed by atoms with van der Waals surface area (Å²) >= 11 is 5.83. The molecular formula is C22H24ClN3O3. The number of amides is 2. The number of benzene rings is 2. The SMILES string of the molecule is CC(C)CNC(=O)c1cc2cc(NC(=O)COc3ccc(Cl)cc3)ccc2n1C. The number of nitrogens with zero attached hydrogens (tertiary/aromatic N) is 1. The van der Waals surface area contributed by atoms with Gasteiger partial charge in [0, 0.05) is 35.2 Å². The van der Waals surface area contributed by atoms with Gasteiger partial charge in [-0.15, -0.1) is 0 Å². The third-order valence-electron chi connectivity index (χ3n) is 4.41. The molecule has 0 atom stereocenters. The first kappa shape index (κ1) is 20.7. The average Bonchev–Trinajstić information content (AvgIpc) is 3.01. The van der Waals surface area contributed by atoms with Gasteiger partial charge in [0.2, 0.25) is 0 Å². The smallest absolute Gasteiger partial charge is 0.267 e. The van der Waals surface area contributed by atoms with E-state index in [-0.39, 0.29) is 18.4 Å². The highest BCUT2D eigenvalue weighted by molar-refractivity contribution is 6.30. The zero-order valence-electron chi connectivity index (χ0n) is 16.7. The van der Waals surface area contributed by atoms with Crippen LogP contribution in [0.25, 0.3) is 10.9 Å². The monoisotopic (exact) mass is 413 g/mol. The van der Waals surface area contributed by atoms with Crippen LogP contribution in [-0.4, -0.2) is 29.5 Å². The van der Waals surface area contributed by atoms with Gasteiger partial charge in [-0.05, 0) is 54.4 Å². The third-order valence-corrected chi connectivity index (χ3v) is 4.67. The number of nitrogens with one attached hydrogen (secondary N) is 2. The van der Waals surface area contributed by atoms with Crippen LogP contribution in [-0.2, 0) is 11.8 Å². The molecule has 6 nitrogen and oxygen atoms in total. The molecule has 0 aliphatic heterocycles. The Morgan fingerprint density at radius 1 is 1.10 bits per heavy atom.